The maximum atomic E-state index is 12.0. The van der Waals surface area contributed by atoms with E-state index in [0.29, 0.717) is 11.0 Å². The number of benzene rings is 1. The summed E-state index contributed by atoms with van der Waals surface area (Å²) >= 11 is 0. The van der Waals surface area contributed by atoms with Gasteiger partial charge in [0, 0.05) is 12.4 Å². The number of fused-ring (bicyclic) bond motifs is 1. The third kappa shape index (κ3) is 3.49. The summed E-state index contributed by atoms with van der Waals surface area (Å²) in [6.45, 7) is 5.25. The monoisotopic (exact) mass is 303 g/mol. The molecule has 0 bridgehead atoms. The van der Waals surface area contributed by atoms with Crippen LogP contribution in [0.3, 0.4) is 0 Å². The van der Waals surface area contributed by atoms with E-state index in [1.807, 2.05) is 0 Å². The zero-order valence-electron chi connectivity index (χ0n) is 12.8. The maximum Gasteiger partial charge on any atom is 0.412 e. The molecule has 0 fully saturated rings. The molecule has 1 heterocycles. The molecular formula is C15H17N3O4. The van der Waals surface area contributed by atoms with Gasteiger partial charge in [0.2, 0.25) is 0 Å². The van der Waals surface area contributed by atoms with Crippen molar-refractivity contribution in [2.45, 2.75) is 26.4 Å². The van der Waals surface area contributed by atoms with Crippen LogP contribution >= 0.6 is 0 Å². The molecule has 0 saturated heterocycles. The lowest BCUT2D eigenvalue weighted by molar-refractivity contribution is 0.0604. The van der Waals surface area contributed by atoms with Crippen molar-refractivity contribution in [2.24, 2.45) is 0 Å². The average Bonchev–Trinajstić information content (AvgIpc) is 2.44. The molecule has 7 nitrogen and oxygen atoms in total. The molecule has 1 aromatic heterocycles. The number of hydrogen-bond donors (Lipinski definition) is 1. The Hall–Kier alpha value is -2.70. The fourth-order valence-electron chi connectivity index (χ4n) is 1.86. The lowest BCUT2D eigenvalue weighted by Gasteiger charge is -2.20. The van der Waals surface area contributed by atoms with Crippen molar-refractivity contribution < 1.29 is 19.1 Å². The molecule has 0 unspecified atom stereocenters. The Balaban J connectivity index is 2.45. The predicted molar refractivity (Wildman–Crippen MR) is 80.7 cm³/mol. The molecule has 2 aromatic rings. The second-order valence-corrected chi connectivity index (χ2v) is 5.53. The largest absolute Gasteiger partial charge is 0.465 e. The highest BCUT2D eigenvalue weighted by Crippen LogP contribution is 2.25. The van der Waals surface area contributed by atoms with Gasteiger partial charge in [-0.3, -0.25) is 15.3 Å². The number of aromatic nitrogens is 2. The number of carbonyl (C=O) groups excluding carboxylic acids is 2. The first-order valence-corrected chi connectivity index (χ1v) is 6.64. The molecule has 1 amide bonds. The first kappa shape index (κ1) is 15.7. The maximum absolute atomic E-state index is 12.0. The number of hydrogen-bond acceptors (Lipinski definition) is 6. The lowest BCUT2D eigenvalue weighted by Crippen LogP contribution is -2.27. The molecule has 1 N–H and O–H groups in total. The van der Waals surface area contributed by atoms with Crippen LogP contribution < -0.4 is 5.32 Å². The summed E-state index contributed by atoms with van der Waals surface area (Å²) in [5.41, 5.74) is 0.625. The van der Waals surface area contributed by atoms with E-state index in [2.05, 4.69) is 15.3 Å². The molecule has 22 heavy (non-hydrogen) atoms. The van der Waals surface area contributed by atoms with Crippen LogP contribution in [0, 0.1) is 0 Å². The standard InChI is InChI=1S/C15H17N3O4/c1-15(2,3)22-14(20)18-9-5-6-10-12(17-8-7-16-10)11(9)13(19)21-4/h5-8H,1-4H3,(H,18,20). The normalized spacial score (nSPS) is 11.1. The summed E-state index contributed by atoms with van der Waals surface area (Å²) in [5, 5.41) is 2.54. The Labute approximate surface area is 127 Å². The van der Waals surface area contributed by atoms with Crippen LogP contribution in [0.1, 0.15) is 31.1 Å². The molecule has 0 aliphatic rings. The molecule has 116 valence electrons. The number of esters is 1. The fourth-order valence-corrected chi connectivity index (χ4v) is 1.86. The minimum Gasteiger partial charge on any atom is -0.465 e. The van der Waals surface area contributed by atoms with Crippen LogP contribution in [0.15, 0.2) is 24.5 Å². The van der Waals surface area contributed by atoms with Gasteiger partial charge < -0.3 is 9.47 Å². The van der Waals surface area contributed by atoms with Crippen molar-refractivity contribution in [2.75, 3.05) is 12.4 Å². The fraction of sp³-hybridized carbons (Fsp3) is 0.333. The molecule has 1 aromatic carbocycles. The molecule has 0 aliphatic heterocycles. The van der Waals surface area contributed by atoms with E-state index >= 15 is 0 Å². The number of anilines is 1. The molecule has 7 heteroatoms. The Morgan fingerprint density at radius 3 is 2.45 bits per heavy atom. The highest BCUT2D eigenvalue weighted by Gasteiger charge is 2.22. The Kier molecular flexibility index (Phi) is 4.25. The second-order valence-electron chi connectivity index (χ2n) is 5.53. The van der Waals surface area contributed by atoms with Gasteiger partial charge in [0.25, 0.3) is 0 Å². The highest BCUT2D eigenvalue weighted by atomic mass is 16.6. The van der Waals surface area contributed by atoms with Crippen molar-refractivity contribution in [3.05, 3.63) is 30.1 Å². The van der Waals surface area contributed by atoms with Gasteiger partial charge in [0.1, 0.15) is 16.7 Å². The van der Waals surface area contributed by atoms with E-state index in [0.717, 1.165) is 0 Å². The summed E-state index contributed by atoms with van der Waals surface area (Å²) in [5.74, 6) is -0.614. The van der Waals surface area contributed by atoms with Crippen molar-refractivity contribution in [1.29, 1.82) is 0 Å². The van der Waals surface area contributed by atoms with Gasteiger partial charge in [0.05, 0.1) is 18.3 Å². The first-order chi connectivity index (χ1) is 10.3. The Morgan fingerprint density at radius 2 is 1.82 bits per heavy atom. The van der Waals surface area contributed by atoms with E-state index in [4.69, 9.17) is 9.47 Å². The number of nitrogens with one attached hydrogen (secondary N) is 1. The average molecular weight is 303 g/mol. The van der Waals surface area contributed by atoms with Crippen LogP contribution in [0.4, 0.5) is 10.5 Å². The molecule has 0 atom stereocenters. The van der Waals surface area contributed by atoms with Crippen LogP contribution in [0.5, 0.6) is 0 Å². The Morgan fingerprint density at radius 1 is 1.14 bits per heavy atom. The minimum atomic E-state index is -0.666. The van der Waals surface area contributed by atoms with Crippen LogP contribution in [0.2, 0.25) is 0 Å². The second kappa shape index (κ2) is 5.97. The summed E-state index contributed by atoms with van der Waals surface area (Å²) < 4.78 is 9.95. The molecule has 2 rings (SSSR count). The van der Waals surface area contributed by atoms with Gasteiger partial charge in [-0.1, -0.05) is 0 Å². The number of carbonyl (C=O) groups is 2. The third-order valence-corrected chi connectivity index (χ3v) is 2.67. The third-order valence-electron chi connectivity index (χ3n) is 2.67. The number of nitrogens with zero attached hydrogens (tertiary/aromatic N) is 2. The Bertz CT molecular complexity index is 722. The van der Waals surface area contributed by atoms with Gasteiger partial charge in [-0.05, 0) is 32.9 Å². The summed E-state index contributed by atoms with van der Waals surface area (Å²) in [6.07, 6.45) is 2.32. The smallest absolute Gasteiger partial charge is 0.412 e. The van der Waals surface area contributed by atoms with Gasteiger partial charge >= 0.3 is 12.1 Å². The van der Waals surface area contributed by atoms with Crippen LogP contribution in [0.25, 0.3) is 11.0 Å². The van der Waals surface area contributed by atoms with E-state index in [-0.39, 0.29) is 11.3 Å². The van der Waals surface area contributed by atoms with Gasteiger partial charge in [-0.25, -0.2) is 9.59 Å². The van der Waals surface area contributed by atoms with Crippen molar-refractivity contribution in [3.63, 3.8) is 0 Å². The van der Waals surface area contributed by atoms with Crippen molar-refractivity contribution >= 4 is 28.8 Å². The van der Waals surface area contributed by atoms with Crippen LogP contribution in [-0.4, -0.2) is 34.7 Å². The van der Waals surface area contributed by atoms with Gasteiger partial charge in [0.15, 0.2) is 0 Å². The minimum absolute atomic E-state index is 0.138. The highest BCUT2D eigenvalue weighted by molar-refractivity contribution is 6.09. The predicted octanol–water partition coefficient (Wildman–Crippen LogP) is 2.76. The summed E-state index contributed by atoms with van der Waals surface area (Å²) in [4.78, 5) is 32.2. The van der Waals surface area contributed by atoms with Gasteiger partial charge in [-0.2, -0.15) is 0 Å². The molecule has 0 saturated carbocycles. The molecule has 0 aliphatic carbocycles. The molecule has 0 spiro atoms. The number of rotatable bonds is 2. The van der Waals surface area contributed by atoms with E-state index in [9.17, 15) is 9.59 Å². The van der Waals surface area contributed by atoms with Gasteiger partial charge in [-0.15, -0.1) is 0 Å². The topological polar surface area (TPSA) is 90.4 Å². The lowest BCUT2D eigenvalue weighted by atomic mass is 10.1. The quantitative estimate of drug-likeness (QED) is 0.858. The zero-order valence-corrected chi connectivity index (χ0v) is 12.8. The van der Waals surface area contributed by atoms with Crippen molar-refractivity contribution in [1.82, 2.24) is 9.97 Å². The van der Waals surface area contributed by atoms with E-state index in [1.165, 1.54) is 19.5 Å². The summed E-state index contributed by atoms with van der Waals surface area (Å²) in [7, 11) is 1.26. The number of methoxy groups -OCH3 is 1. The van der Waals surface area contributed by atoms with E-state index in [1.54, 1.807) is 32.9 Å². The summed E-state index contributed by atoms with van der Waals surface area (Å²) in [6, 6.07) is 3.22. The first-order valence-electron chi connectivity index (χ1n) is 6.64. The zero-order chi connectivity index (χ0) is 16.3. The molecule has 0 radical (unpaired) electrons. The molecular weight excluding hydrogens is 286 g/mol. The number of ether oxygens (including phenoxy) is 2. The van der Waals surface area contributed by atoms with E-state index < -0.39 is 17.7 Å². The van der Waals surface area contributed by atoms with Crippen molar-refractivity contribution in [3.8, 4) is 0 Å². The van der Waals surface area contributed by atoms with Crippen LogP contribution in [-0.2, 0) is 9.47 Å². The number of amides is 1. The SMILES string of the molecule is COC(=O)c1c(NC(=O)OC(C)(C)C)ccc2nccnc12.